The minimum atomic E-state index is -0.810. The van der Waals surface area contributed by atoms with Crippen LogP contribution in [-0.4, -0.2) is 47.2 Å². The minimum Gasteiger partial charge on any atom is -0.502 e. The molecule has 13 nitrogen and oxygen atoms in total. The number of allylic oxidation sites excluding steroid dienone is 3. The smallest absolute Gasteiger partial charge is 0.352 e. The number of phenols is 1. The Bertz CT molecular complexity index is 2220. The molecule has 3 aromatic carbocycles. The van der Waals surface area contributed by atoms with Gasteiger partial charge < -0.3 is 14.6 Å². The van der Waals surface area contributed by atoms with Crippen LogP contribution in [0.4, 0.5) is 0 Å². The second-order valence-electron chi connectivity index (χ2n) is 10.6. The first-order valence-electron chi connectivity index (χ1n) is 14.2. The minimum absolute atomic E-state index is 0.0525. The van der Waals surface area contributed by atoms with Gasteiger partial charge in [0, 0.05) is 0 Å². The van der Waals surface area contributed by atoms with Crippen LogP contribution in [0.3, 0.4) is 0 Å². The number of hydrogen-bond donors (Lipinski definition) is 1. The summed E-state index contributed by atoms with van der Waals surface area (Å²) in [4.78, 5) is 55.2. The molecule has 0 amide bonds. The number of phenolic OH excluding ortho intramolecular Hbond substituents is 1. The van der Waals surface area contributed by atoms with E-state index in [9.17, 15) is 24.3 Å². The summed E-state index contributed by atoms with van der Waals surface area (Å²) < 4.78 is 18.2. The molecular formula is C32H28N6O7. The van der Waals surface area contributed by atoms with Gasteiger partial charge in [-0.1, -0.05) is 54.6 Å². The van der Waals surface area contributed by atoms with Crippen molar-refractivity contribution in [2.75, 3.05) is 14.2 Å². The summed E-state index contributed by atoms with van der Waals surface area (Å²) in [5.74, 6) is 0.221. The maximum Gasteiger partial charge on any atom is 0.352 e. The fourth-order valence-corrected chi connectivity index (χ4v) is 6.17. The highest BCUT2D eigenvalue weighted by Gasteiger charge is 2.40. The number of ether oxygens (including phenoxy) is 2. The van der Waals surface area contributed by atoms with Crippen molar-refractivity contribution in [3.8, 4) is 28.6 Å². The largest absolute Gasteiger partial charge is 0.502 e. The molecule has 2 aliphatic heterocycles. The Morgan fingerprint density at radius 3 is 1.82 bits per heavy atom. The molecule has 0 saturated carbocycles. The second-order valence-corrected chi connectivity index (χ2v) is 10.6. The number of rotatable bonds is 6. The number of fused-ring (bicyclic) bond motifs is 4. The first-order chi connectivity index (χ1) is 21.8. The Morgan fingerprint density at radius 1 is 0.733 bits per heavy atom. The van der Waals surface area contributed by atoms with Crippen LogP contribution in [-0.2, 0) is 13.1 Å². The third kappa shape index (κ3) is 4.23. The average molecular weight is 609 g/mol. The maximum absolute atomic E-state index is 14.0. The molecule has 0 radical (unpaired) electrons. The van der Waals surface area contributed by atoms with Gasteiger partial charge in [-0.05, 0) is 47.5 Å². The first-order valence-corrected chi connectivity index (χ1v) is 14.2. The van der Waals surface area contributed by atoms with Crippen LogP contribution in [0.5, 0.6) is 17.2 Å². The number of aromatic hydroxyl groups is 1. The van der Waals surface area contributed by atoms with E-state index in [0.29, 0.717) is 22.5 Å². The number of aromatic nitrogens is 6. The topological polar surface area (TPSA) is 137 Å². The third-order valence-electron chi connectivity index (χ3n) is 8.25. The Morgan fingerprint density at radius 2 is 1.27 bits per heavy atom. The number of hydrogen-bond acceptors (Lipinski definition) is 7. The zero-order valence-electron chi connectivity index (χ0n) is 24.3. The van der Waals surface area contributed by atoms with Gasteiger partial charge in [0.2, 0.25) is 5.75 Å². The van der Waals surface area contributed by atoms with Gasteiger partial charge in [-0.2, -0.15) is 0 Å². The Hall–Kier alpha value is -5.98. The summed E-state index contributed by atoms with van der Waals surface area (Å²) in [6.45, 7) is 0.0341. The summed E-state index contributed by atoms with van der Waals surface area (Å²) in [6, 6.07) is 18.9. The summed E-state index contributed by atoms with van der Waals surface area (Å²) in [5, 5.41) is 10.4. The molecule has 5 aromatic rings. The van der Waals surface area contributed by atoms with Gasteiger partial charge >= 0.3 is 22.8 Å². The highest BCUT2D eigenvalue weighted by molar-refractivity contribution is 5.62. The van der Waals surface area contributed by atoms with E-state index in [4.69, 9.17) is 9.47 Å². The highest BCUT2D eigenvalue weighted by atomic mass is 16.5. The number of nitrogens with zero attached hydrogens (tertiary/aromatic N) is 6. The molecule has 1 N–H and O–H groups in total. The van der Waals surface area contributed by atoms with Crippen LogP contribution < -0.4 is 32.2 Å². The van der Waals surface area contributed by atoms with E-state index >= 15 is 0 Å². The summed E-state index contributed by atoms with van der Waals surface area (Å²) >= 11 is 0. The van der Waals surface area contributed by atoms with Crippen LogP contribution in [0, 0.1) is 0 Å². The molecule has 0 bridgehead atoms. The van der Waals surface area contributed by atoms with Crippen molar-refractivity contribution in [2.45, 2.75) is 25.2 Å². The second kappa shape index (κ2) is 10.6. The molecule has 2 atom stereocenters. The van der Waals surface area contributed by atoms with Gasteiger partial charge in [-0.25, -0.2) is 47.0 Å². The van der Waals surface area contributed by atoms with Crippen LogP contribution in [0.25, 0.3) is 17.5 Å². The SMILES string of the molecule is COc1cc(C=C[C@H]2C3=CCn4c(=O)n(-c5ccccc5)c(=O)n4[C@@H]3Cn3c(=O)n(-c4ccccc4)c(=O)n32)cc(OC)c1O. The van der Waals surface area contributed by atoms with Crippen LogP contribution in [0.1, 0.15) is 17.6 Å². The number of benzene rings is 3. The molecule has 2 aromatic heterocycles. The lowest BCUT2D eigenvalue weighted by Gasteiger charge is -2.36. The average Bonchev–Trinajstić information content (AvgIpc) is 3.47. The third-order valence-corrected chi connectivity index (χ3v) is 8.25. The highest BCUT2D eigenvalue weighted by Crippen LogP contribution is 2.39. The van der Waals surface area contributed by atoms with Crippen molar-refractivity contribution in [3.63, 3.8) is 0 Å². The van der Waals surface area contributed by atoms with Crippen molar-refractivity contribution in [2.24, 2.45) is 0 Å². The first kappa shape index (κ1) is 27.8. The Balaban J connectivity index is 1.43. The maximum atomic E-state index is 14.0. The van der Waals surface area contributed by atoms with E-state index in [-0.39, 0.29) is 30.3 Å². The van der Waals surface area contributed by atoms with E-state index in [0.717, 1.165) is 9.13 Å². The van der Waals surface area contributed by atoms with Gasteiger partial charge in [0.05, 0.1) is 50.8 Å². The van der Waals surface area contributed by atoms with Crippen molar-refractivity contribution in [3.05, 3.63) is 138 Å². The molecule has 45 heavy (non-hydrogen) atoms. The van der Waals surface area contributed by atoms with E-state index < -0.39 is 34.8 Å². The van der Waals surface area contributed by atoms with Crippen molar-refractivity contribution < 1.29 is 14.6 Å². The Labute approximate surface area is 254 Å². The lowest BCUT2D eigenvalue weighted by atomic mass is 9.94. The molecule has 7 rings (SSSR count). The monoisotopic (exact) mass is 608 g/mol. The molecule has 228 valence electrons. The number of para-hydroxylation sites is 2. The fraction of sp³-hybridized carbons (Fsp3) is 0.188. The van der Waals surface area contributed by atoms with E-state index in [1.54, 1.807) is 84.9 Å². The molecule has 2 aliphatic rings. The summed E-state index contributed by atoms with van der Waals surface area (Å²) in [7, 11) is 2.84. The predicted molar refractivity (Wildman–Crippen MR) is 165 cm³/mol. The van der Waals surface area contributed by atoms with Crippen LogP contribution in [0.15, 0.2) is 110 Å². The molecule has 13 heteroatoms. The zero-order chi connectivity index (χ0) is 31.4. The van der Waals surface area contributed by atoms with E-state index in [1.807, 2.05) is 6.08 Å². The lowest BCUT2D eigenvalue weighted by Crippen LogP contribution is -2.46. The van der Waals surface area contributed by atoms with Gasteiger partial charge in [-0.3, -0.25) is 0 Å². The van der Waals surface area contributed by atoms with Gasteiger partial charge in [-0.15, -0.1) is 0 Å². The molecule has 0 saturated heterocycles. The zero-order valence-corrected chi connectivity index (χ0v) is 24.3. The van der Waals surface area contributed by atoms with Crippen LogP contribution in [0.2, 0.25) is 0 Å². The lowest BCUT2D eigenvalue weighted by molar-refractivity contribution is 0.249. The molecular weight excluding hydrogens is 580 g/mol. The molecule has 0 fully saturated rings. The van der Waals surface area contributed by atoms with Gasteiger partial charge in [0.25, 0.3) is 0 Å². The molecule has 0 unspecified atom stereocenters. The quantitative estimate of drug-likeness (QED) is 0.292. The Kier molecular flexibility index (Phi) is 6.57. The summed E-state index contributed by atoms with van der Waals surface area (Å²) in [5.41, 5.74) is -0.103. The molecule has 0 spiro atoms. The van der Waals surface area contributed by atoms with E-state index in [2.05, 4.69) is 0 Å². The van der Waals surface area contributed by atoms with Crippen LogP contribution >= 0.6 is 0 Å². The van der Waals surface area contributed by atoms with Gasteiger partial charge in [0.15, 0.2) is 11.5 Å². The van der Waals surface area contributed by atoms with Crippen molar-refractivity contribution >= 4 is 6.08 Å². The van der Waals surface area contributed by atoms with Crippen molar-refractivity contribution in [1.82, 2.24) is 27.9 Å². The van der Waals surface area contributed by atoms with Crippen molar-refractivity contribution in [1.29, 1.82) is 0 Å². The molecule has 4 heterocycles. The van der Waals surface area contributed by atoms with E-state index in [1.165, 1.54) is 32.9 Å². The predicted octanol–water partition coefficient (Wildman–Crippen LogP) is 2.09. The summed E-state index contributed by atoms with van der Waals surface area (Å²) in [6.07, 6.45) is 5.29. The number of methoxy groups -OCH3 is 2. The fourth-order valence-electron chi connectivity index (χ4n) is 6.17. The molecule has 0 aliphatic carbocycles. The van der Waals surface area contributed by atoms with Gasteiger partial charge in [0.1, 0.15) is 0 Å². The standard InChI is InChI=1S/C32H28N6O7/c1-44-26-17-20(18-27(45-2)28(26)39)13-14-24-23-15-16-33-29(40)35(21-9-5-3-6-10-21)32(43)38(33)25(23)19-34-30(41)36(31(42)37(24)34)22-11-7-4-8-12-22/h3-15,17-18,24-25,39H,16,19H2,1-2H3/t24-,25+/m0/s1. The normalized spacial score (nSPS) is 17.0.